The number of carbonyl (C=O) groups excluding carboxylic acids is 1. The summed E-state index contributed by atoms with van der Waals surface area (Å²) in [5, 5.41) is 8.20. The number of amides is 1. The summed E-state index contributed by atoms with van der Waals surface area (Å²) in [5.41, 5.74) is 1.63. The average Bonchev–Trinajstić information content (AvgIpc) is 3.31. The molecule has 1 fully saturated rings. The van der Waals surface area contributed by atoms with Gasteiger partial charge in [0, 0.05) is 16.5 Å². The molecule has 1 N–H and O–H groups in total. The van der Waals surface area contributed by atoms with E-state index in [0.29, 0.717) is 45.4 Å². The second-order valence-electron chi connectivity index (χ2n) is 8.53. The zero-order valence-corrected chi connectivity index (χ0v) is 21.4. The lowest BCUT2D eigenvalue weighted by molar-refractivity contribution is -0.127. The van der Waals surface area contributed by atoms with Gasteiger partial charge in [-0.1, -0.05) is 34.4 Å². The topological polar surface area (TPSA) is 89.7 Å². The van der Waals surface area contributed by atoms with Crippen molar-refractivity contribution in [2.45, 2.75) is 32.4 Å². The summed E-state index contributed by atoms with van der Waals surface area (Å²) in [4.78, 5) is 19.6. The monoisotopic (exact) mass is 518 g/mol. The Balaban J connectivity index is 1.29. The van der Waals surface area contributed by atoms with Crippen LogP contribution in [0.15, 0.2) is 40.9 Å². The van der Waals surface area contributed by atoms with E-state index < -0.39 is 0 Å². The number of aromatic nitrogens is 2. The molecule has 8 nitrogen and oxygen atoms in total. The Morgan fingerprint density at radius 2 is 1.89 bits per heavy atom. The predicted octanol–water partition coefficient (Wildman–Crippen LogP) is 5.15. The zero-order chi connectivity index (χ0) is 24.9. The van der Waals surface area contributed by atoms with Crippen LogP contribution in [0.25, 0.3) is 11.4 Å². The molecule has 0 bridgehead atoms. The van der Waals surface area contributed by atoms with Crippen molar-refractivity contribution in [3.8, 4) is 22.9 Å². The Bertz CT molecular complexity index is 1180. The van der Waals surface area contributed by atoms with Crippen LogP contribution in [0.1, 0.15) is 37.3 Å². The molecule has 2 heterocycles. The minimum atomic E-state index is -0.142. The molecule has 3 aromatic rings. The molecular weight excluding hydrogens is 491 g/mol. The minimum absolute atomic E-state index is 0.0417. The van der Waals surface area contributed by atoms with Gasteiger partial charge < -0.3 is 19.3 Å². The standard InChI is InChI=1S/C25H28Cl2N4O4/c1-15(17-4-7-21(33-2)22(12-17)34-3)28-25(32)16-8-10-31(11-9-16)14-23-29-24(30-35-23)19-6-5-18(26)13-20(19)27/h4-7,12-13,15-16H,8-11,14H2,1-3H3,(H,28,32). The highest BCUT2D eigenvalue weighted by atomic mass is 35.5. The predicted molar refractivity (Wildman–Crippen MR) is 134 cm³/mol. The van der Waals surface area contributed by atoms with E-state index in [0.717, 1.165) is 31.5 Å². The summed E-state index contributed by atoms with van der Waals surface area (Å²) >= 11 is 12.2. The molecule has 1 saturated heterocycles. The largest absolute Gasteiger partial charge is 0.493 e. The van der Waals surface area contributed by atoms with E-state index in [1.54, 1.807) is 32.4 Å². The Morgan fingerprint density at radius 1 is 1.14 bits per heavy atom. The molecule has 186 valence electrons. The van der Waals surface area contributed by atoms with Gasteiger partial charge in [-0.25, -0.2) is 0 Å². The quantitative estimate of drug-likeness (QED) is 0.440. The molecule has 0 radical (unpaired) electrons. The first-order chi connectivity index (χ1) is 16.9. The number of carbonyl (C=O) groups is 1. The van der Waals surface area contributed by atoms with Crippen LogP contribution in [0, 0.1) is 5.92 Å². The molecule has 0 spiro atoms. The van der Waals surface area contributed by atoms with Crippen LogP contribution < -0.4 is 14.8 Å². The lowest BCUT2D eigenvalue weighted by Crippen LogP contribution is -2.40. The number of rotatable bonds is 8. The van der Waals surface area contributed by atoms with Crippen LogP contribution in [0.3, 0.4) is 0 Å². The number of piperidine rings is 1. The van der Waals surface area contributed by atoms with E-state index in [2.05, 4.69) is 20.4 Å². The lowest BCUT2D eigenvalue weighted by atomic mass is 9.95. The van der Waals surface area contributed by atoms with E-state index in [4.69, 9.17) is 37.2 Å². The fourth-order valence-corrected chi connectivity index (χ4v) is 4.67. The number of ether oxygens (including phenoxy) is 2. The SMILES string of the molecule is COc1ccc(C(C)NC(=O)C2CCN(Cc3nc(-c4ccc(Cl)cc4Cl)no3)CC2)cc1OC. The van der Waals surface area contributed by atoms with Gasteiger partial charge in [-0.2, -0.15) is 4.98 Å². The van der Waals surface area contributed by atoms with Crippen molar-refractivity contribution >= 4 is 29.1 Å². The summed E-state index contributed by atoms with van der Waals surface area (Å²) in [6.45, 7) is 4.02. The molecule has 1 atom stereocenters. The van der Waals surface area contributed by atoms with Gasteiger partial charge in [0.25, 0.3) is 0 Å². The van der Waals surface area contributed by atoms with Gasteiger partial charge in [0.2, 0.25) is 17.6 Å². The van der Waals surface area contributed by atoms with E-state index in [1.165, 1.54) is 0 Å². The number of hydrogen-bond acceptors (Lipinski definition) is 7. The van der Waals surface area contributed by atoms with Crippen molar-refractivity contribution in [1.29, 1.82) is 0 Å². The number of methoxy groups -OCH3 is 2. The first-order valence-electron chi connectivity index (χ1n) is 11.4. The summed E-state index contributed by atoms with van der Waals surface area (Å²) in [5.74, 6) is 2.26. The zero-order valence-electron chi connectivity index (χ0n) is 19.9. The van der Waals surface area contributed by atoms with E-state index in [9.17, 15) is 4.79 Å². The maximum absolute atomic E-state index is 12.9. The van der Waals surface area contributed by atoms with E-state index >= 15 is 0 Å². The van der Waals surface area contributed by atoms with Crippen LogP contribution in [-0.4, -0.2) is 48.3 Å². The third-order valence-corrected chi connectivity index (χ3v) is 6.77. The molecular formula is C25H28Cl2N4O4. The smallest absolute Gasteiger partial charge is 0.241 e. The summed E-state index contributed by atoms with van der Waals surface area (Å²) < 4.78 is 16.1. The van der Waals surface area contributed by atoms with Crippen molar-refractivity contribution < 1.29 is 18.8 Å². The Hall–Kier alpha value is -2.81. The average molecular weight is 519 g/mol. The fourth-order valence-electron chi connectivity index (χ4n) is 4.18. The Labute approximate surface area is 214 Å². The first kappa shape index (κ1) is 25.3. The number of likely N-dealkylation sites (tertiary alicyclic amines) is 1. The van der Waals surface area contributed by atoms with Crippen LogP contribution in [-0.2, 0) is 11.3 Å². The molecule has 1 unspecified atom stereocenters. The van der Waals surface area contributed by atoms with E-state index in [-0.39, 0.29) is 17.9 Å². The van der Waals surface area contributed by atoms with Gasteiger partial charge >= 0.3 is 0 Å². The molecule has 4 rings (SSSR count). The fraction of sp³-hybridized carbons (Fsp3) is 0.400. The highest BCUT2D eigenvalue weighted by molar-refractivity contribution is 6.36. The van der Waals surface area contributed by atoms with Crippen LogP contribution >= 0.6 is 23.2 Å². The van der Waals surface area contributed by atoms with Crippen molar-refractivity contribution in [3.63, 3.8) is 0 Å². The molecule has 1 amide bonds. The van der Waals surface area contributed by atoms with Gasteiger partial charge in [-0.3, -0.25) is 9.69 Å². The van der Waals surface area contributed by atoms with Gasteiger partial charge in [0.05, 0.1) is 31.8 Å². The van der Waals surface area contributed by atoms with Crippen molar-refractivity contribution in [2.24, 2.45) is 5.92 Å². The van der Waals surface area contributed by atoms with Crippen LogP contribution in [0.5, 0.6) is 11.5 Å². The second kappa shape index (κ2) is 11.3. The molecule has 2 aromatic carbocycles. The molecule has 1 aliphatic rings. The number of benzene rings is 2. The van der Waals surface area contributed by atoms with Crippen molar-refractivity contribution in [1.82, 2.24) is 20.4 Å². The third kappa shape index (κ3) is 6.07. The highest BCUT2D eigenvalue weighted by Gasteiger charge is 2.27. The molecule has 10 heteroatoms. The first-order valence-corrected chi connectivity index (χ1v) is 12.2. The maximum atomic E-state index is 12.9. The molecule has 35 heavy (non-hydrogen) atoms. The number of nitrogens with zero attached hydrogens (tertiary/aromatic N) is 3. The summed E-state index contributed by atoms with van der Waals surface area (Å²) in [6.07, 6.45) is 1.52. The van der Waals surface area contributed by atoms with Gasteiger partial charge in [-0.15, -0.1) is 0 Å². The van der Waals surface area contributed by atoms with Crippen LogP contribution in [0.2, 0.25) is 10.0 Å². The summed E-state index contributed by atoms with van der Waals surface area (Å²) in [6, 6.07) is 10.7. The lowest BCUT2D eigenvalue weighted by Gasteiger charge is -2.31. The van der Waals surface area contributed by atoms with Crippen LogP contribution in [0.4, 0.5) is 0 Å². The van der Waals surface area contributed by atoms with Crippen molar-refractivity contribution in [3.05, 3.63) is 57.9 Å². The third-order valence-electron chi connectivity index (χ3n) is 6.22. The molecule has 0 aliphatic carbocycles. The van der Waals surface area contributed by atoms with Gasteiger partial charge in [0.15, 0.2) is 11.5 Å². The minimum Gasteiger partial charge on any atom is -0.493 e. The number of halogens is 2. The number of nitrogens with one attached hydrogen (secondary N) is 1. The van der Waals surface area contributed by atoms with Gasteiger partial charge in [0.1, 0.15) is 0 Å². The molecule has 0 saturated carbocycles. The summed E-state index contributed by atoms with van der Waals surface area (Å²) in [7, 11) is 3.20. The molecule has 1 aliphatic heterocycles. The van der Waals surface area contributed by atoms with Crippen molar-refractivity contribution in [2.75, 3.05) is 27.3 Å². The number of hydrogen-bond donors (Lipinski definition) is 1. The van der Waals surface area contributed by atoms with E-state index in [1.807, 2.05) is 25.1 Å². The maximum Gasteiger partial charge on any atom is 0.241 e. The molecule has 1 aromatic heterocycles. The van der Waals surface area contributed by atoms with Gasteiger partial charge in [-0.05, 0) is 68.8 Å². The normalized spacial score (nSPS) is 15.6. The Kier molecular flexibility index (Phi) is 8.15. The Morgan fingerprint density at radius 3 is 2.57 bits per heavy atom. The second-order valence-corrected chi connectivity index (χ2v) is 9.37. The highest BCUT2D eigenvalue weighted by Crippen LogP contribution is 2.31.